The second kappa shape index (κ2) is 5.77. The number of nitrogens with one attached hydrogen (secondary N) is 1. The number of hydrogen-bond donors (Lipinski definition) is 1. The summed E-state index contributed by atoms with van der Waals surface area (Å²) in [5, 5.41) is 15.8. The van der Waals surface area contributed by atoms with Crippen LogP contribution in [-0.4, -0.2) is 14.9 Å². The molecule has 0 spiro atoms. The maximum atomic E-state index is 11.1. The molecule has 3 rings (SSSR count). The van der Waals surface area contributed by atoms with Gasteiger partial charge in [-0.2, -0.15) is 0 Å². The smallest absolute Gasteiger partial charge is 0.278 e. The van der Waals surface area contributed by atoms with E-state index in [0.29, 0.717) is 5.39 Å². The average molecular weight is 294 g/mol. The number of rotatable bonds is 4. The molecule has 0 aliphatic carbocycles. The summed E-state index contributed by atoms with van der Waals surface area (Å²) in [5.41, 5.74) is 1.78. The molecule has 0 fully saturated rings. The zero-order chi connectivity index (χ0) is 15.5. The van der Waals surface area contributed by atoms with Gasteiger partial charge in [0.1, 0.15) is 0 Å². The Labute approximate surface area is 127 Å². The van der Waals surface area contributed by atoms with Gasteiger partial charge in [-0.25, -0.2) is 0 Å². The molecular formula is C16H14N4O2. The highest BCUT2D eigenvalue weighted by molar-refractivity contribution is 5.99. The fraction of sp³-hybridized carbons (Fsp3) is 0.125. The van der Waals surface area contributed by atoms with Crippen molar-refractivity contribution in [2.24, 2.45) is 0 Å². The van der Waals surface area contributed by atoms with Crippen LogP contribution in [0, 0.1) is 10.1 Å². The molecule has 110 valence electrons. The number of non-ortho nitro benzene ring substituents is 1. The van der Waals surface area contributed by atoms with E-state index in [1.807, 2.05) is 25.1 Å². The van der Waals surface area contributed by atoms with Gasteiger partial charge in [0.15, 0.2) is 0 Å². The van der Waals surface area contributed by atoms with Gasteiger partial charge in [0, 0.05) is 35.7 Å². The van der Waals surface area contributed by atoms with Crippen molar-refractivity contribution in [2.45, 2.75) is 13.0 Å². The van der Waals surface area contributed by atoms with Crippen LogP contribution >= 0.6 is 0 Å². The van der Waals surface area contributed by atoms with Crippen molar-refractivity contribution >= 4 is 22.1 Å². The Balaban J connectivity index is 2.02. The molecule has 0 aliphatic heterocycles. The lowest BCUT2D eigenvalue weighted by molar-refractivity contribution is -0.383. The molecule has 0 saturated heterocycles. The van der Waals surface area contributed by atoms with E-state index in [-0.39, 0.29) is 11.7 Å². The zero-order valence-corrected chi connectivity index (χ0v) is 11.9. The Bertz CT molecular complexity index is 821. The molecule has 0 radical (unpaired) electrons. The molecule has 0 saturated carbocycles. The third-order valence-corrected chi connectivity index (χ3v) is 3.50. The fourth-order valence-corrected chi connectivity index (χ4v) is 2.40. The van der Waals surface area contributed by atoms with Crippen LogP contribution in [0.1, 0.15) is 18.7 Å². The first kappa shape index (κ1) is 13.9. The van der Waals surface area contributed by atoms with Crippen LogP contribution < -0.4 is 5.32 Å². The highest BCUT2D eigenvalue weighted by Gasteiger charge is 2.15. The summed E-state index contributed by atoms with van der Waals surface area (Å²) in [6, 6.07) is 10.7. The average Bonchev–Trinajstić information content (AvgIpc) is 2.55. The van der Waals surface area contributed by atoms with Gasteiger partial charge in [-0.1, -0.05) is 6.07 Å². The Morgan fingerprint density at radius 2 is 2.00 bits per heavy atom. The summed E-state index contributed by atoms with van der Waals surface area (Å²) in [6.07, 6.45) is 4.89. The Hall–Kier alpha value is -3.02. The predicted molar refractivity (Wildman–Crippen MR) is 84.7 cm³/mol. The molecule has 3 aromatic rings. The SMILES string of the molecule is CC(Nc1ccc([N+](=O)[O-])c2cnccc12)c1ccccn1. The summed E-state index contributed by atoms with van der Waals surface area (Å²) in [7, 11) is 0. The highest BCUT2D eigenvalue weighted by Crippen LogP contribution is 2.32. The van der Waals surface area contributed by atoms with Crippen molar-refractivity contribution in [2.75, 3.05) is 5.32 Å². The van der Waals surface area contributed by atoms with Crippen LogP contribution in [-0.2, 0) is 0 Å². The molecule has 1 N–H and O–H groups in total. The number of fused-ring (bicyclic) bond motifs is 1. The molecule has 22 heavy (non-hydrogen) atoms. The number of nitrogens with zero attached hydrogens (tertiary/aromatic N) is 3. The number of nitro benzene ring substituents is 1. The molecule has 6 nitrogen and oxygen atoms in total. The van der Waals surface area contributed by atoms with E-state index in [9.17, 15) is 10.1 Å². The molecule has 2 heterocycles. The van der Waals surface area contributed by atoms with E-state index in [4.69, 9.17) is 0 Å². The third kappa shape index (κ3) is 2.58. The van der Waals surface area contributed by atoms with Gasteiger partial charge in [-0.3, -0.25) is 20.1 Å². The molecule has 1 atom stereocenters. The Kier molecular flexibility index (Phi) is 3.65. The van der Waals surface area contributed by atoms with Crippen LogP contribution in [0.4, 0.5) is 11.4 Å². The third-order valence-electron chi connectivity index (χ3n) is 3.50. The second-order valence-electron chi connectivity index (χ2n) is 4.93. The first-order chi connectivity index (χ1) is 10.7. The maximum absolute atomic E-state index is 11.1. The van der Waals surface area contributed by atoms with Gasteiger partial charge < -0.3 is 5.32 Å². The summed E-state index contributed by atoms with van der Waals surface area (Å²) >= 11 is 0. The molecule has 2 aromatic heterocycles. The number of pyridine rings is 2. The molecule has 6 heteroatoms. The van der Waals surface area contributed by atoms with Crippen molar-refractivity contribution in [3.63, 3.8) is 0 Å². The standard InChI is InChI=1S/C16H14N4O2/c1-11(14-4-2-3-8-18-14)19-15-5-6-16(20(21)22)13-10-17-9-7-12(13)15/h2-11,19H,1H3. The van der Waals surface area contributed by atoms with E-state index in [2.05, 4.69) is 15.3 Å². The summed E-state index contributed by atoms with van der Waals surface area (Å²) in [4.78, 5) is 19.0. The Morgan fingerprint density at radius 1 is 1.14 bits per heavy atom. The number of aromatic nitrogens is 2. The van der Waals surface area contributed by atoms with Crippen LogP contribution in [0.25, 0.3) is 10.8 Å². The van der Waals surface area contributed by atoms with E-state index in [0.717, 1.165) is 16.8 Å². The monoisotopic (exact) mass is 294 g/mol. The zero-order valence-electron chi connectivity index (χ0n) is 11.9. The molecule has 1 aromatic carbocycles. The maximum Gasteiger partial charge on any atom is 0.278 e. The van der Waals surface area contributed by atoms with Gasteiger partial charge in [0.2, 0.25) is 0 Å². The first-order valence-electron chi connectivity index (χ1n) is 6.85. The minimum Gasteiger partial charge on any atom is -0.376 e. The topological polar surface area (TPSA) is 81.0 Å². The van der Waals surface area contributed by atoms with Gasteiger partial charge >= 0.3 is 0 Å². The minimum atomic E-state index is -0.393. The van der Waals surface area contributed by atoms with Crippen LogP contribution in [0.5, 0.6) is 0 Å². The Morgan fingerprint density at radius 3 is 2.73 bits per heavy atom. The van der Waals surface area contributed by atoms with Gasteiger partial charge in [0.25, 0.3) is 5.69 Å². The molecule has 0 aliphatic rings. The van der Waals surface area contributed by atoms with Crippen molar-refractivity contribution < 1.29 is 4.92 Å². The lowest BCUT2D eigenvalue weighted by Gasteiger charge is -2.16. The molecular weight excluding hydrogens is 280 g/mol. The van der Waals surface area contributed by atoms with Crippen LogP contribution in [0.2, 0.25) is 0 Å². The summed E-state index contributed by atoms with van der Waals surface area (Å²) < 4.78 is 0. The van der Waals surface area contributed by atoms with E-state index in [1.165, 1.54) is 12.3 Å². The fourth-order valence-electron chi connectivity index (χ4n) is 2.40. The molecule has 0 bridgehead atoms. The number of benzene rings is 1. The highest BCUT2D eigenvalue weighted by atomic mass is 16.6. The van der Waals surface area contributed by atoms with Gasteiger partial charge in [-0.05, 0) is 31.2 Å². The lowest BCUT2D eigenvalue weighted by atomic mass is 10.1. The molecule has 1 unspecified atom stereocenters. The van der Waals surface area contributed by atoms with Crippen molar-refractivity contribution in [3.05, 3.63) is 70.8 Å². The van der Waals surface area contributed by atoms with Crippen molar-refractivity contribution in [1.29, 1.82) is 0 Å². The van der Waals surface area contributed by atoms with Crippen LogP contribution in [0.15, 0.2) is 55.0 Å². The second-order valence-corrected chi connectivity index (χ2v) is 4.93. The van der Waals surface area contributed by atoms with Crippen molar-refractivity contribution in [3.8, 4) is 0 Å². The van der Waals surface area contributed by atoms with Gasteiger partial charge in [-0.15, -0.1) is 0 Å². The van der Waals surface area contributed by atoms with E-state index < -0.39 is 4.92 Å². The number of nitro groups is 1. The summed E-state index contributed by atoms with van der Waals surface area (Å²) in [6.45, 7) is 2.00. The number of hydrogen-bond acceptors (Lipinski definition) is 5. The van der Waals surface area contributed by atoms with Crippen LogP contribution in [0.3, 0.4) is 0 Å². The molecule has 0 amide bonds. The first-order valence-corrected chi connectivity index (χ1v) is 6.85. The largest absolute Gasteiger partial charge is 0.376 e. The van der Waals surface area contributed by atoms with Gasteiger partial charge in [0.05, 0.1) is 22.0 Å². The normalized spacial score (nSPS) is 12.0. The number of anilines is 1. The minimum absolute atomic E-state index is 0.0148. The van der Waals surface area contributed by atoms with Crippen molar-refractivity contribution in [1.82, 2.24) is 9.97 Å². The van der Waals surface area contributed by atoms with E-state index in [1.54, 1.807) is 24.5 Å². The predicted octanol–water partition coefficient (Wildman–Crippen LogP) is 3.71. The van der Waals surface area contributed by atoms with E-state index >= 15 is 0 Å². The summed E-state index contributed by atoms with van der Waals surface area (Å²) in [5.74, 6) is 0. The lowest BCUT2D eigenvalue weighted by Crippen LogP contribution is -2.08. The quantitative estimate of drug-likeness (QED) is 0.586.